The zero-order chi connectivity index (χ0) is 22.4. The number of nitrogens with zero attached hydrogens (tertiary/aromatic N) is 5. The van der Waals surface area contributed by atoms with Gasteiger partial charge in [-0.3, -0.25) is 4.79 Å². The lowest BCUT2D eigenvalue weighted by molar-refractivity contribution is -0.113. The molecule has 1 amide bonds. The number of rotatable bonds is 8. The molecule has 1 aromatic heterocycles. The molecule has 0 bridgehead atoms. The van der Waals surface area contributed by atoms with Gasteiger partial charge in [-0.05, 0) is 54.8 Å². The van der Waals surface area contributed by atoms with Crippen molar-refractivity contribution in [2.75, 3.05) is 41.3 Å². The minimum Gasteiger partial charge on any atom is -0.378 e. The number of carbonyl (C=O) groups is 1. The number of carbonyl (C=O) groups excluding carboxylic acids is 1. The maximum Gasteiger partial charge on any atom is 0.264 e. The van der Waals surface area contributed by atoms with Gasteiger partial charge in [-0.2, -0.15) is 5.10 Å². The van der Waals surface area contributed by atoms with Crippen LogP contribution in [0.2, 0.25) is 0 Å². The summed E-state index contributed by atoms with van der Waals surface area (Å²) in [6, 6.07) is 13.7. The Bertz CT molecular complexity index is 1080. The van der Waals surface area contributed by atoms with Crippen LogP contribution in [0, 0.1) is 13.8 Å². The standard InChI is InChI=1S/C21H26N8OS/c1-14-5-8-17(11-15(14)2)24-19(30)13-31-21-27-26-20(29(21)22)25-23-12-16-6-9-18(10-7-16)28(3)4/h5-12H,13,22H2,1-4H3,(H,24,30)(H,25,26)/b23-12+. The predicted octanol–water partition coefficient (Wildman–Crippen LogP) is 2.85. The normalized spacial score (nSPS) is 11.0. The largest absolute Gasteiger partial charge is 0.378 e. The van der Waals surface area contributed by atoms with Crippen LogP contribution in [-0.2, 0) is 4.79 Å². The van der Waals surface area contributed by atoms with Crippen molar-refractivity contribution in [3.05, 3.63) is 59.2 Å². The van der Waals surface area contributed by atoms with Gasteiger partial charge in [0.2, 0.25) is 11.1 Å². The average Bonchev–Trinajstić information content (AvgIpc) is 3.09. The highest BCUT2D eigenvalue weighted by molar-refractivity contribution is 7.99. The summed E-state index contributed by atoms with van der Waals surface area (Å²) in [4.78, 5) is 14.2. The molecule has 0 aliphatic heterocycles. The molecule has 0 saturated carbocycles. The van der Waals surface area contributed by atoms with Gasteiger partial charge in [-0.1, -0.05) is 30.0 Å². The molecule has 0 radical (unpaired) electrons. The molecule has 0 saturated heterocycles. The van der Waals surface area contributed by atoms with Crippen molar-refractivity contribution in [1.82, 2.24) is 14.9 Å². The molecule has 31 heavy (non-hydrogen) atoms. The molecule has 1 heterocycles. The highest BCUT2D eigenvalue weighted by Crippen LogP contribution is 2.18. The van der Waals surface area contributed by atoms with Gasteiger partial charge in [0.05, 0.1) is 12.0 Å². The maximum atomic E-state index is 12.2. The van der Waals surface area contributed by atoms with Gasteiger partial charge in [0.15, 0.2) is 0 Å². The number of nitrogens with one attached hydrogen (secondary N) is 2. The number of thioether (sulfide) groups is 1. The third-order valence-electron chi connectivity index (χ3n) is 4.58. The Morgan fingerprint density at radius 3 is 2.58 bits per heavy atom. The summed E-state index contributed by atoms with van der Waals surface area (Å²) in [6.45, 7) is 4.04. The van der Waals surface area contributed by atoms with Crippen molar-refractivity contribution in [3.63, 3.8) is 0 Å². The number of anilines is 3. The van der Waals surface area contributed by atoms with E-state index in [-0.39, 0.29) is 17.6 Å². The van der Waals surface area contributed by atoms with Gasteiger partial charge in [0, 0.05) is 25.5 Å². The van der Waals surface area contributed by atoms with Crippen molar-refractivity contribution in [2.24, 2.45) is 5.10 Å². The molecule has 10 heteroatoms. The number of aromatic nitrogens is 3. The topological polar surface area (TPSA) is 113 Å². The van der Waals surface area contributed by atoms with E-state index in [0.717, 1.165) is 22.5 Å². The number of nitrogen functional groups attached to an aromatic ring is 1. The number of hydrazone groups is 1. The third-order valence-corrected chi connectivity index (χ3v) is 5.52. The zero-order valence-corrected chi connectivity index (χ0v) is 18.8. The second-order valence-corrected chi connectivity index (χ2v) is 8.11. The number of amides is 1. The van der Waals surface area contributed by atoms with Crippen LogP contribution in [0.1, 0.15) is 16.7 Å². The van der Waals surface area contributed by atoms with E-state index in [9.17, 15) is 4.79 Å². The number of benzene rings is 2. The van der Waals surface area contributed by atoms with Crippen molar-refractivity contribution in [1.29, 1.82) is 0 Å². The molecule has 0 aliphatic rings. The van der Waals surface area contributed by atoms with E-state index in [1.165, 1.54) is 22.0 Å². The summed E-state index contributed by atoms with van der Waals surface area (Å²) >= 11 is 1.19. The molecule has 0 spiro atoms. The second-order valence-electron chi connectivity index (χ2n) is 7.17. The van der Waals surface area contributed by atoms with E-state index < -0.39 is 0 Å². The molecule has 9 nitrogen and oxygen atoms in total. The number of hydrogen-bond donors (Lipinski definition) is 3. The second kappa shape index (κ2) is 9.98. The Balaban J connectivity index is 1.52. The van der Waals surface area contributed by atoms with Crippen LogP contribution >= 0.6 is 11.8 Å². The Morgan fingerprint density at radius 1 is 1.16 bits per heavy atom. The summed E-state index contributed by atoms with van der Waals surface area (Å²) in [5.41, 5.74) is 7.87. The molecule has 0 aliphatic carbocycles. The molecular formula is C21H26N8OS. The SMILES string of the molecule is Cc1ccc(NC(=O)CSc2nnc(N/N=C/c3ccc(N(C)C)cc3)n2N)cc1C. The maximum absolute atomic E-state index is 12.2. The summed E-state index contributed by atoms with van der Waals surface area (Å²) < 4.78 is 1.26. The monoisotopic (exact) mass is 438 g/mol. The summed E-state index contributed by atoms with van der Waals surface area (Å²) in [6.07, 6.45) is 1.66. The zero-order valence-electron chi connectivity index (χ0n) is 18.0. The fraction of sp³-hybridized carbons (Fsp3) is 0.238. The van der Waals surface area contributed by atoms with Crippen LogP contribution in [0.25, 0.3) is 0 Å². The molecular weight excluding hydrogens is 412 g/mol. The minimum atomic E-state index is -0.148. The molecule has 0 unspecified atom stereocenters. The van der Waals surface area contributed by atoms with Gasteiger partial charge in [0.1, 0.15) is 0 Å². The molecule has 3 aromatic rings. The van der Waals surface area contributed by atoms with Crippen LogP contribution in [0.4, 0.5) is 17.3 Å². The molecule has 0 fully saturated rings. The van der Waals surface area contributed by atoms with E-state index in [4.69, 9.17) is 5.84 Å². The van der Waals surface area contributed by atoms with Gasteiger partial charge < -0.3 is 16.1 Å². The molecule has 4 N–H and O–H groups in total. The molecule has 0 atom stereocenters. The Hall–Kier alpha value is -3.53. The first kappa shape index (κ1) is 22.2. The van der Waals surface area contributed by atoms with Crippen molar-refractivity contribution >= 4 is 41.2 Å². The van der Waals surface area contributed by atoms with Crippen LogP contribution in [0.3, 0.4) is 0 Å². The lowest BCUT2D eigenvalue weighted by atomic mass is 10.1. The summed E-state index contributed by atoms with van der Waals surface area (Å²) in [5.74, 6) is 6.29. The number of aryl methyl sites for hydroxylation is 2. The van der Waals surface area contributed by atoms with E-state index in [1.54, 1.807) is 6.21 Å². The van der Waals surface area contributed by atoms with E-state index in [2.05, 4.69) is 26.0 Å². The van der Waals surface area contributed by atoms with E-state index in [0.29, 0.717) is 5.16 Å². The fourth-order valence-electron chi connectivity index (χ4n) is 2.62. The predicted molar refractivity (Wildman–Crippen MR) is 127 cm³/mol. The van der Waals surface area contributed by atoms with Gasteiger partial charge in [-0.15, -0.1) is 10.2 Å². The van der Waals surface area contributed by atoms with Crippen LogP contribution in [-0.4, -0.2) is 46.8 Å². The summed E-state index contributed by atoms with van der Waals surface area (Å²) in [5, 5.41) is 15.4. The van der Waals surface area contributed by atoms with Crippen molar-refractivity contribution < 1.29 is 4.79 Å². The van der Waals surface area contributed by atoms with Crippen LogP contribution < -0.4 is 21.5 Å². The average molecular weight is 439 g/mol. The Kier molecular flexibility index (Phi) is 7.14. The van der Waals surface area contributed by atoms with Gasteiger partial charge in [-0.25, -0.2) is 10.1 Å². The molecule has 2 aromatic carbocycles. The van der Waals surface area contributed by atoms with Crippen molar-refractivity contribution in [3.8, 4) is 0 Å². The molecule has 162 valence electrons. The lowest BCUT2D eigenvalue weighted by Gasteiger charge is -2.11. The van der Waals surface area contributed by atoms with E-state index >= 15 is 0 Å². The van der Waals surface area contributed by atoms with E-state index in [1.807, 2.05) is 75.3 Å². The Labute approximate surface area is 185 Å². The smallest absolute Gasteiger partial charge is 0.264 e. The fourth-order valence-corrected chi connectivity index (χ4v) is 3.28. The lowest BCUT2D eigenvalue weighted by Crippen LogP contribution is -2.17. The first-order chi connectivity index (χ1) is 14.8. The van der Waals surface area contributed by atoms with Crippen molar-refractivity contribution in [2.45, 2.75) is 19.0 Å². The highest BCUT2D eigenvalue weighted by atomic mass is 32.2. The van der Waals surface area contributed by atoms with Gasteiger partial charge in [0.25, 0.3) is 5.95 Å². The highest BCUT2D eigenvalue weighted by Gasteiger charge is 2.12. The summed E-state index contributed by atoms with van der Waals surface area (Å²) in [7, 11) is 3.97. The van der Waals surface area contributed by atoms with Crippen LogP contribution in [0.15, 0.2) is 52.7 Å². The molecule has 3 rings (SSSR count). The first-order valence-electron chi connectivity index (χ1n) is 9.60. The quantitative estimate of drug-likeness (QED) is 0.214. The number of hydrogen-bond acceptors (Lipinski definition) is 8. The third kappa shape index (κ3) is 5.98. The van der Waals surface area contributed by atoms with Gasteiger partial charge >= 0.3 is 0 Å². The first-order valence-corrected chi connectivity index (χ1v) is 10.6. The minimum absolute atomic E-state index is 0.148. The number of nitrogens with two attached hydrogens (primary N) is 1. The Morgan fingerprint density at radius 2 is 1.90 bits per heavy atom. The van der Waals surface area contributed by atoms with Crippen LogP contribution in [0.5, 0.6) is 0 Å².